The fourth-order valence-electron chi connectivity index (χ4n) is 3.43. The quantitative estimate of drug-likeness (QED) is 0.384. The Balaban J connectivity index is 1.84. The maximum absolute atomic E-state index is 13.2. The highest BCUT2D eigenvalue weighted by Crippen LogP contribution is 2.30. The summed E-state index contributed by atoms with van der Waals surface area (Å²) in [5.74, 6) is -0.905. The molecule has 36 heavy (non-hydrogen) atoms. The van der Waals surface area contributed by atoms with Gasteiger partial charge in [0.15, 0.2) is 0 Å². The standard InChI is InChI=1S/C25H23Cl2N3O6/c1-34-19-5-4-6-20(35-2)23(19)25(33)30-18(11-21(31)36-3)14-7-9-15(10-8-14)29-24(32)22-16(26)12-28-13-17(22)27/h4-10,12-13,18H,11H2,1-3H3,(H,29,32)(H,30,33). The van der Waals surface area contributed by atoms with Gasteiger partial charge in [0.05, 0.1) is 49.4 Å². The molecule has 0 radical (unpaired) electrons. The lowest BCUT2D eigenvalue weighted by molar-refractivity contribution is -0.141. The summed E-state index contributed by atoms with van der Waals surface area (Å²) in [5, 5.41) is 5.77. The van der Waals surface area contributed by atoms with E-state index in [2.05, 4.69) is 15.6 Å². The number of ether oxygens (including phenoxy) is 3. The van der Waals surface area contributed by atoms with E-state index in [9.17, 15) is 14.4 Å². The van der Waals surface area contributed by atoms with Gasteiger partial charge in [0.1, 0.15) is 17.1 Å². The van der Waals surface area contributed by atoms with Crippen molar-refractivity contribution in [2.45, 2.75) is 12.5 Å². The van der Waals surface area contributed by atoms with Crippen LogP contribution in [-0.2, 0) is 9.53 Å². The van der Waals surface area contributed by atoms with Crippen LogP contribution in [0.25, 0.3) is 0 Å². The summed E-state index contributed by atoms with van der Waals surface area (Å²) < 4.78 is 15.4. The smallest absolute Gasteiger partial charge is 0.307 e. The van der Waals surface area contributed by atoms with Gasteiger partial charge >= 0.3 is 5.97 Å². The molecule has 0 saturated carbocycles. The van der Waals surface area contributed by atoms with Crippen molar-refractivity contribution >= 4 is 46.7 Å². The van der Waals surface area contributed by atoms with Crippen molar-refractivity contribution in [3.8, 4) is 11.5 Å². The summed E-state index contributed by atoms with van der Waals surface area (Å²) in [7, 11) is 4.14. The van der Waals surface area contributed by atoms with E-state index in [1.165, 1.54) is 33.7 Å². The predicted octanol–water partition coefficient (Wildman–Crippen LogP) is 4.69. The molecule has 188 valence electrons. The van der Waals surface area contributed by atoms with Crippen LogP contribution < -0.4 is 20.1 Å². The van der Waals surface area contributed by atoms with Gasteiger partial charge < -0.3 is 24.8 Å². The third-order valence-corrected chi connectivity index (χ3v) is 5.78. The lowest BCUT2D eigenvalue weighted by Crippen LogP contribution is -2.31. The second kappa shape index (κ2) is 12.2. The van der Waals surface area contributed by atoms with Gasteiger partial charge in [-0.1, -0.05) is 41.4 Å². The Morgan fingerprint density at radius 2 is 1.44 bits per heavy atom. The molecule has 1 aromatic heterocycles. The number of nitrogens with one attached hydrogen (secondary N) is 2. The third kappa shape index (κ3) is 6.24. The average molecular weight is 532 g/mol. The van der Waals surface area contributed by atoms with Crippen LogP contribution in [0.15, 0.2) is 54.9 Å². The summed E-state index contributed by atoms with van der Waals surface area (Å²) in [4.78, 5) is 41.7. The number of rotatable bonds is 9. The Hall–Kier alpha value is -3.82. The maximum atomic E-state index is 13.2. The maximum Gasteiger partial charge on any atom is 0.307 e. The number of hydrogen-bond acceptors (Lipinski definition) is 7. The molecule has 9 nitrogen and oxygen atoms in total. The molecule has 2 N–H and O–H groups in total. The zero-order valence-corrected chi connectivity index (χ0v) is 21.1. The van der Waals surface area contributed by atoms with Crippen LogP contribution in [0.4, 0.5) is 5.69 Å². The van der Waals surface area contributed by atoms with E-state index in [0.717, 1.165) is 0 Å². The number of aromatic nitrogens is 1. The molecule has 3 aromatic rings. The summed E-state index contributed by atoms with van der Waals surface area (Å²) >= 11 is 12.1. The molecule has 0 aliphatic rings. The number of carbonyl (C=O) groups excluding carboxylic acids is 3. The summed E-state index contributed by atoms with van der Waals surface area (Å²) in [5.41, 5.74) is 1.33. The highest BCUT2D eigenvalue weighted by Gasteiger charge is 2.24. The molecule has 0 saturated heterocycles. The molecule has 0 spiro atoms. The highest BCUT2D eigenvalue weighted by molar-refractivity contribution is 6.40. The van der Waals surface area contributed by atoms with Crippen molar-refractivity contribution in [3.63, 3.8) is 0 Å². The lowest BCUT2D eigenvalue weighted by Gasteiger charge is -2.20. The van der Waals surface area contributed by atoms with Crippen molar-refractivity contribution < 1.29 is 28.6 Å². The van der Waals surface area contributed by atoms with Gasteiger partial charge in [-0.3, -0.25) is 19.4 Å². The van der Waals surface area contributed by atoms with E-state index in [-0.39, 0.29) is 27.6 Å². The first-order chi connectivity index (χ1) is 17.3. The molecule has 3 rings (SSSR count). The topological polar surface area (TPSA) is 116 Å². The molecule has 2 amide bonds. The summed E-state index contributed by atoms with van der Waals surface area (Å²) in [6.45, 7) is 0. The first kappa shape index (κ1) is 26.8. The molecule has 0 bridgehead atoms. The molecule has 0 aliphatic carbocycles. The van der Waals surface area contributed by atoms with E-state index in [1.54, 1.807) is 42.5 Å². The van der Waals surface area contributed by atoms with Crippen LogP contribution in [0.1, 0.15) is 38.7 Å². The van der Waals surface area contributed by atoms with Crippen molar-refractivity contribution in [1.29, 1.82) is 0 Å². The predicted molar refractivity (Wildman–Crippen MR) is 135 cm³/mol. The van der Waals surface area contributed by atoms with E-state index in [1.807, 2.05) is 0 Å². The van der Waals surface area contributed by atoms with Crippen LogP contribution >= 0.6 is 23.2 Å². The van der Waals surface area contributed by atoms with E-state index >= 15 is 0 Å². The number of halogens is 2. The Morgan fingerprint density at radius 3 is 1.97 bits per heavy atom. The number of anilines is 1. The van der Waals surface area contributed by atoms with Crippen molar-refractivity contribution in [2.75, 3.05) is 26.6 Å². The molecular weight excluding hydrogens is 509 g/mol. The Morgan fingerprint density at radius 1 is 0.861 bits per heavy atom. The number of esters is 1. The van der Waals surface area contributed by atoms with Gasteiger partial charge in [0.25, 0.3) is 11.8 Å². The van der Waals surface area contributed by atoms with Gasteiger partial charge in [0, 0.05) is 18.1 Å². The Kier molecular flexibility index (Phi) is 9.10. The number of nitrogens with zero attached hydrogens (tertiary/aromatic N) is 1. The first-order valence-electron chi connectivity index (χ1n) is 10.6. The zero-order chi connectivity index (χ0) is 26.2. The number of amides is 2. The second-order valence-corrected chi connectivity index (χ2v) is 8.21. The number of benzene rings is 2. The molecule has 1 unspecified atom stereocenters. The van der Waals surface area contributed by atoms with E-state index in [4.69, 9.17) is 37.4 Å². The second-order valence-electron chi connectivity index (χ2n) is 7.40. The van der Waals surface area contributed by atoms with E-state index in [0.29, 0.717) is 22.7 Å². The minimum atomic E-state index is -0.742. The third-order valence-electron chi connectivity index (χ3n) is 5.21. The number of hydrogen-bond donors (Lipinski definition) is 2. The lowest BCUT2D eigenvalue weighted by atomic mass is 10.0. The number of pyridine rings is 1. The average Bonchev–Trinajstić information content (AvgIpc) is 2.87. The fraction of sp³-hybridized carbons (Fsp3) is 0.200. The van der Waals surface area contributed by atoms with Crippen LogP contribution in [0.2, 0.25) is 10.0 Å². The van der Waals surface area contributed by atoms with Gasteiger partial charge in [0.2, 0.25) is 0 Å². The molecule has 1 atom stereocenters. The minimum absolute atomic E-state index is 0.0963. The highest BCUT2D eigenvalue weighted by atomic mass is 35.5. The largest absolute Gasteiger partial charge is 0.496 e. The normalized spacial score (nSPS) is 11.2. The van der Waals surface area contributed by atoms with Crippen molar-refractivity contribution in [1.82, 2.24) is 10.3 Å². The van der Waals surface area contributed by atoms with Crippen LogP contribution in [0, 0.1) is 0 Å². The molecule has 0 fully saturated rings. The number of carbonyl (C=O) groups is 3. The molecule has 11 heteroatoms. The summed E-state index contributed by atoms with van der Waals surface area (Å²) in [6, 6.07) is 10.8. The Bertz CT molecular complexity index is 1220. The van der Waals surface area contributed by atoms with Crippen LogP contribution in [0.3, 0.4) is 0 Å². The zero-order valence-electron chi connectivity index (χ0n) is 19.6. The van der Waals surface area contributed by atoms with Crippen molar-refractivity contribution in [3.05, 3.63) is 81.6 Å². The van der Waals surface area contributed by atoms with Gasteiger partial charge in [-0.15, -0.1) is 0 Å². The van der Waals surface area contributed by atoms with E-state index < -0.39 is 23.8 Å². The van der Waals surface area contributed by atoms with Gasteiger partial charge in [-0.25, -0.2) is 0 Å². The monoisotopic (exact) mass is 531 g/mol. The SMILES string of the molecule is COC(=O)CC(NC(=O)c1c(OC)cccc1OC)c1ccc(NC(=O)c2c(Cl)cncc2Cl)cc1. The molecule has 1 heterocycles. The molecule has 2 aromatic carbocycles. The fourth-order valence-corrected chi connectivity index (χ4v) is 3.96. The Labute approximate surface area is 217 Å². The summed E-state index contributed by atoms with van der Waals surface area (Å²) in [6.07, 6.45) is 2.51. The van der Waals surface area contributed by atoms with Gasteiger partial charge in [-0.2, -0.15) is 0 Å². The van der Waals surface area contributed by atoms with Gasteiger partial charge in [-0.05, 0) is 29.8 Å². The van der Waals surface area contributed by atoms with Crippen molar-refractivity contribution in [2.24, 2.45) is 0 Å². The molecule has 0 aliphatic heterocycles. The van der Waals surface area contributed by atoms with Crippen LogP contribution in [0.5, 0.6) is 11.5 Å². The molecular formula is C25H23Cl2N3O6. The minimum Gasteiger partial charge on any atom is -0.496 e. The number of methoxy groups -OCH3 is 3. The van der Waals surface area contributed by atoms with Crippen LogP contribution in [-0.4, -0.2) is 44.1 Å². The first-order valence-corrected chi connectivity index (χ1v) is 11.3.